The van der Waals surface area contributed by atoms with Gasteiger partial charge in [-0.3, -0.25) is 4.79 Å². The molecule has 0 aliphatic rings. The first-order valence-electron chi connectivity index (χ1n) is 8.52. The number of nitrogens with zero attached hydrogens (tertiary/aromatic N) is 2. The van der Waals surface area contributed by atoms with Crippen LogP contribution in [0.4, 0.5) is 0 Å². The molecule has 2 aromatic heterocycles. The van der Waals surface area contributed by atoms with Crippen molar-refractivity contribution in [2.45, 2.75) is 26.3 Å². The van der Waals surface area contributed by atoms with Gasteiger partial charge in [0.1, 0.15) is 11.7 Å². The Morgan fingerprint density at radius 2 is 1.92 bits per heavy atom. The molecule has 0 saturated heterocycles. The van der Waals surface area contributed by atoms with Gasteiger partial charge >= 0.3 is 5.97 Å². The van der Waals surface area contributed by atoms with Gasteiger partial charge in [0, 0.05) is 23.5 Å². The van der Waals surface area contributed by atoms with Gasteiger partial charge in [-0.1, -0.05) is 44.2 Å². The van der Waals surface area contributed by atoms with Gasteiger partial charge in [0.15, 0.2) is 0 Å². The van der Waals surface area contributed by atoms with Gasteiger partial charge in [-0.2, -0.15) is 0 Å². The molecule has 1 aromatic carbocycles. The number of benzene rings is 1. The number of nitrogens with one attached hydrogen (secondary N) is 1. The number of carbonyl (C=O) groups excluding carboxylic acids is 1. The van der Waals surface area contributed by atoms with Gasteiger partial charge < -0.3 is 14.8 Å². The van der Waals surface area contributed by atoms with Crippen LogP contribution in [0.2, 0.25) is 0 Å². The molecule has 2 N–H and O–H groups in total. The number of rotatable bonds is 6. The predicted molar refractivity (Wildman–Crippen MR) is 99.0 cm³/mol. The van der Waals surface area contributed by atoms with E-state index in [2.05, 4.69) is 10.3 Å². The third kappa shape index (κ3) is 3.91. The zero-order valence-electron chi connectivity index (χ0n) is 14.7. The second kappa shape index (κ2) is 7.39. The Morgan fingerprint density at radius 3 is 2.58 bits per heavy atom. The lowest BCUT2D eigenvalue weighted by Crippen LogP contribution is -2.41. The number of amides is 1. The summed E-state index contributed by atoms with van der Waals surface area (Å²) in [4.78, 5) is 28.3. The summed E-state index contributed by atoms with van der Waals surface area (Å²) in [5.41, 5.74) is 2.82. The highest BCUT2D eigenvalue weighted by Gasteiger charge is 2.22. The average molecular weight is 351 g/mol. The van der Waals surface area contributed by atoms with Gasteiger partial charge in [0.25, 0.3) is 5.91 Å². The van der Waals surface area contributed by atoms with Gasteiger partial charge in [-0.05, 0) is 24.5 Å². The van der Waals surface area contributed by atoms with Crippen molar-refractivity contribution in [3.63, 3.8) is 0 Å². The molecule has 6 nitrogen and oxygen atoms in total. The first kappa shape index (κ1) is 17.7. The quantitative estimate of drug-likeness (QED) is 0.714. The molecule has 1 atom stereocenters. The first-order chi connectivity index (χ1) is 12.4. The normalized spacial score (nSPS) is 12.3. The SMILES string of the molecule is CC(C)CC(NC(=O)c1ccn2cc(-c3ccccc3)nc2c1)C(=O)O. The van der Waals surface area contributed by atoms with Crippen LogP contribution in [0.15, 0.2) is 54.9 Å². The minimum atomic E-state index is -1.03. The van der Waals surface area contributed by atoms with Crippen LogP contribution >= 0.6 is 0 Å². The Hall–Kier alpha value is -3.15. The third-order valence-electron chi connectivity index (χ3n) is 4.10. The molecule has 0 radical (unpaired) electrons. The number of carbonyl (C=O) groups is 2. The summed E-state index contributed by atoms with van der Waals surface area (Å²) in [5, 5.41) is 11.9. The van der Waals surface area contributed by atoms with Crippen LogP contribution < -0.4 is 5.32 Å². The molecule has 26 heavy (non-hydrogen) atoms. The third-order valence-corrected chi connectivity index (χ3v) is 4.10. The van der Waals surface area contributed by atoms with Crippen LogP contribution in [0.1, 0.15) is 30.6 Å². The van der Waals surface area contributed by atoms with Gasteiger partial charge in [-0.15, -0.1) is 0 Å². The summed E-state index contributed by atoms with van der Waals surface area (Å²) in [6.45, 7) is 3.84. The smallest absolute Gasteiger partial charge is 0.326 e. The molecule has 134 valence electrons. The molecule has 1 amide bonds. The van der Waals surface area contributed by atoms with Crippen molar-refractivity contribution in [2.24, 2.45) is 5.92 Å². The number of fused-ring (bicyclic) bond motifs is 1. The second-order valence-electron chi connectivity index (χ2n) is 6.67. The molecule has 3 rings (SSSR count). The number of aromatic nitrogens is 2. The Bertz CT molecular complexity index is 932. The number of hydrogen-bond donors (Lipinski definition) is 2. The highest BCUT2D eigenvalue weighted by Crippen LogP contribution is 2.19. The summed E-state index contributed by atoms with van der Waals surface area (Å²) >= 11 is 0. The number of imidazole rings is 1. The second-order valence-corrected chi connectivity index (χ2v) is 6.67. The maximum absolute atomic E-state index is 12.5. The topological polar surface area (TPSA) is 83.7 Å². The highest BCUT2D eigenvalue weighted by molar-refractivity contribution is 5.97. The van der Waals surface area contributed by atoms with Gasteiger partial charge in [-0.25, -0.2) is 9.78 Å². The monoisotopic (exact) mass is 351 g/mol. The maximum atomic E-state index is 12.5. The zero-order chi connectivity index (χ0) is 18.7. The van der Waals surface area contributed by atoms with Gasteiger partial charge in [0.2, 0.25) is 0 Å². The largest absolute Gasteiger partial charge is 0.480 e. The van der Waals surface area contributed by atoms with Crippen LogP contribution in [0.25, 0.3) is 16.9 Å². The minimum absolute atomic E-state index is 0.166. The summed E-state index contributed by atoms with van der Waals surface area (Å²) < 4.78 is 1.84. The number of aliphatic carboxylic acids is 1. The molecule has 0 aliphatic heterocycles. The van der Waals surface area contributed by atoms with Crippen molar-refractivity contribution in [1.29, 1.82) is 0 Å². The summed E-state index contributed by atoms with van der Waals surface area (Å²) in [6, 6.07) is 12.2. The van der Waals surface area contributed by atoms with E-state index in [-0.39, 0.29) is 5.92 Å². The van der Waals surface area contributed by atoms with Crippen LogP contribution in [-0.4, -0.2) is 32.4 Å². The van der Waals surface area contributed by atoms with Crippen LogP contribution in [0.3, 0.4) is 0 Å². The van der Waals surface area contributed by atoms with E-state index in [0.29, 0.717) is 17.6 Å². The Kier molecular flexibility index (Phi) is 5.02. The first-order valence-corrected chi connectivity index (χ1v) is 8.52. The fourth-order valence-corrected chi connectivity index (χ4v) is 2.81. The van der Waals surface area contributed by atoms with Crippen molar-refractivity contribution < 1.29 is 14.7 Å². The zero-order valence-corrected chi connectivity index (χ0v) is 14.7. The molecule has 1 unspecified atom stereocenters. The predicted octanol–water partition coefficient (Wildman–Crippen LogP) is 3.23. The molecule has 0 fully saturated rings. The van der Waals surface area contributed by atoms with Crippen molar-refractivity contribution in [2.75, 3.05) is 0 Å². The van der Waals surface area contributed by atoms with E-state index in [1.165, 1.54) is 0 Å². The standard InChI is InChI=1S/C20H21N3O3/c1-13(2)10-16(20(25)26)22-19(24)15-8-9-23-12-17(21-18(23)11-15)14-6-4-3-5-7-14/h3-9,11-13,16H,10H2,1-2H3,(H,22,24)(H,25,26). The summed E-state index contributed by atoms with van der Waals surface area (Å²) in [5.74, 6) is -1.27. The number of pyridine rings is 1. The Balaban J connectivity index is 1.84. The number of hydrogen-bond acceptors (Lipinski definition) is 3. The van der Waals surface area contributed by atoms with Crippen molar-refractivity contribution >= 4 is 17.5 Å². The van der Waals surface area contributed by atoms with Crippen molar-refractivity contribution in [3.05, 3.63) is 60.4 Å². The molecule has 0 bridgehead atoms. The molecular formula is C20H21N3O3. The lowest BCUT2D eigenvalue weighted by atomic mass is 10.0. The molecule has 2 heterocycles. The molecule has 0 saturated carbocycles. The average Bonchev–Trinajstić information content (AvgIpc) is 3.04. The van der Waals surface area contributed by atoms with E-state index in [9.17, 15) is 14.7 Å². The lowest BCUT2D eigenvalue weighted by molar-refractivity contribution is -0.139. The number of carboxylic acid groups (broad SMARTS) is 1. The van der Waals surface area contributed by atoms with E-state index in [1.807, 2.05) is 54.8 Å². The van der Waals surface area contributed by atoms with E-state index in [4.69, 9.17) is 0 Å². The number of carboxylic acids is 1. The maximum Gasteiger partial charge on any atom is 0.326 e. The molecule has 6 heteroatoms. The van der Waals surface area contributed by atoms with E-state index in [1.54, 1.807) is 18.3 Å². The van der Waals surface area contributed by atoms with Gasteiger partial charge in [0.05, 0.1) is 5.69 Å². The van der Waals surface area contributed by atoms with E-state index in [0.717, 1.165) is 11.3 Å². The summed E-state index contributed by atoms with van der Waals surface area (Å²) in [7, 11) is 0. The minimum Gasteiger partial charge on any atom is -0.480 e. The molecule has 0 spiro atoms. The van der Waals surface area contributed by atoms with Crippen molar-refractivity contribution in [3.8, 4) is 11.3 Å². The lowest BCUT2D eigenvalue weighted by Gasteiger charge is -2.16. The fourth-order valence-electron chi connectivity index (χ4n) is 2.81. The van der Waals surface area contributed by atoms with E-state index < -0.39 is 17.9 Å². The highest BCUT2D eigenvalue weighted by atomic mass is 16.4. The van der Waals surface area contributed by atoms with E-state index >= 15 is 0 Å². The summed E-state index contributed by atoms with van der Waals surface area (Å²) in [6.07, 6.45) is 4.03. The molecule has 0 aliphatic carbocycles. The fraction of sp³-hybridized carbons (Fsp3) is 0.250. The van der Waals surface area contributed by atoms with Crippen molar-refractivity contribution in [1.82, 2.24) is 14.7 Å². The molecular weight excluding hydrogens is 330 g/mol. The Labute approximate surface area is 151 Å². The molecule has 3 aromatic rings. The van der Waals surface area contributed by atoms with Crippen LogP contribution in [-0.2, 0) is 4.79 Å². The van der Waals surface area contributed by atoms with Crippen LogP contribution in [0.5, 0.6) is 0 Å². The Morgan fingerprint density at radius 1 is 1.19 bits per heavy atom. The van der Waals surface area contributed by atoms with Crippen LogP contribution in [0, 0.1) is 5.92 Å².